The number of nitrogens with one attached hydrogen (secondary N) is 2. The first-order valence-corrected chi connectivity index (χ1v) is 10.6. The third kappa shape index (κ3) is 11.7. The molecule has 1 atom stereocenters. The first-order chi connectivity index (χ1) is 12.7. The van der Waals surface area contributed by atoms with Gasteiger partial charge in [0.1, 0.15) is 0 Å². The topological polar surface area (TPSA) is 52.1 Å². The molecule has 1 rings (SSSR count). The van der Waals surface area contributed by atoms with Gasteiger partial charge in [-0.3, -0.25) is 4.99 Å². The summed E-state index contributed by atoms with van der Waals surface area (Å²) in [6, 6.07) is 0. The Hall–Kier alpha value is -0.850. The molecule has 6 nitrogen and oxygen atoms in total. The van der Waals surface area contributed by atoms with Crippen molar-refractivity contribution in [1.82, 2.24) is 20.4 Å². The number of hydrogen-bond donors (Lipinski definition) is 2. The van der Waals surface area contributed by atoms with Crippen LogP contribution in [0, 0.1) is 5.92 Å². The summed E-state index contributed by atoms with van der Waals surface area (Å²) in [5.41, 5.74) is 0. The second kappa shape index (κ2) is 15.2. The highest BCUT2D eigenvalue weighted by Gasteiger charge is 2.15. The fourth-order valence-corrected chi connectivity index (χ4v) is 3.43. The Labute approximate surface area is 161 Å². The van der Waals surface area contributed by atoms with Gasteiger partial charge in [0.25, 0.3) is 0 Å². The van der Waals surface area contributed by atoms with Gasteiger partial charge in [-0.2, -0.15) is 0 Å². The summed E-state index contributed by atoms with van der Waals surface area (Å²) in [5, 5.41) is 6.79. The largest absolute Gasteiger partial charge is 0.385 e. The lowest BCUT2D eigenvalue weighted by atomic mass is 10.0. The molecule has 0 aromatic carbocycles. The number of nitrogens with zero attached hydrogens (tertiary/aromatic N) is 3. The van der Waals surface area contributed by atoms with Crippen molar-refractivity contribution in [2.24, 2.45) is 10.9 Å². The normalized spacial score (nSPS) is 19.1. The first-order valence-electron chi connectivity index (χ1n) is 10.6. The zero-order chi connectivity index (χ0) is 19.0. The fourth-order valence-electron chi connectivity index (χ4n) is 3.43. The molecule has 1 aliphatic heterocycles. The van der Waals surface area contributed by atoms with Crippen LogP contribution in [0.1, 0.15) is 46.0 Å². The van der Waals surface area contributed by atoms with E-state index in [1.807, 2.05) is 0 Å². The lowest BCUT2D eigenvalue weighted by Gasteiger charge is -2.30. The van der Waals surface area contributed by atoms with Gasteiger partial charge in [0, 0.05) is 53.0 Å². The van der Waals surface area contributed by atoms with Crippen LogP contribution in [0.15, 0.2) is 4.99 Å². The minimum absolute atomic E-state index is 0.832. The van der Waals surface area contributed by atoms with Crippen molar-refractivity contribution >= 4 is 5.96 Å². The van der Waals surface area contributed by atoms with Crippen LogP contribution >= 0.6 is 0 Å². The van der Waals surface area contributed by atoms with E-state index in [-0.39, 0.29) is 0 Å². The van der Waals surface area contributed by atoms with Gasteiger partial charge < -0.3 is 25.2 Å². The summed E-state index contributed by atoms with van der Waals surface area (Å²) in [5.74, 6) is 1.82. The molecule has 2 N–H and O–H groups in total. The van der Waals surface area contributed by atoms with E-state index in [9.17, 15) is 0 Å². The maximum Gasteiger partial charge on any atom is 0.191 e. The molecule has 0 aliphatic carbocycles. The maximum atomic E-state index is 5.10. The lowest BCUT2D eigenvalue weighted by molar-refractivity contribution is 0.180. The van der Waals surface area contributed by atoms with Crippen LogP contribution in [0.4, 0.5) is 0 Å². The molecule has 1 aliphatic rings. The van der Waals surface area contributed by atoms with Gasteiger partial charge in [0.2, 0.25) is 0 Å². The van der Waals surface area contributed by atoms with Crippen molar-refractivity contribution in [2.45, 2.75) is 46.0 Å². The summed E-state index contributed by atoms with van der Waals surface area (Å²) >= 11 is 0. The molecule has 1 fully saturated rings. The van der Waals surface area contributed by atoms with E-state index in [0.717, 1.165) is 57.6 Å². The van der Waals surface area contributed by atoms with E-state index < -0.39 is 0 Å². The van der Waals surface area contributed by atoms with E-state index in [4.69, 9.17) is 9.73 Å². The number of unbranched alkanes of at least 4 members (excludes halogenated alkanes) is 1. The second-order valence-electron chi connectivity index (χ2n) is 7.59. The average Bonchev–Trinajstić information content (AvgIpc) is 2.61. The number of likely N-dealkylation sites (N-methyl/N-ethyl adjacent to an activating group) is 1. The highest BCUT2D eigenvalue weighted by Crippen LogP contribution is 2.15. The minimum atomic E-state index is 0.832. The molecular weight excluding hydrogens is 326 g/mol. The molecule has 0 amide bonds. The molecule has 0 aromatic heterocycles. The van der Waals surface area contributed by atoms with Crippen molar-refractivity contribution in [3.05, 3.63) is 0 Å². The number of piperidine rings is 1. The van der Waals surface area contributed by atoms with Crippen molar-refractivity contribution < 1.29 is 4.74 Å². The highest BCUT2D eigenvalue weighted by molar-refractivity contribution is 5.79. The van der Waals surface area contributed by atoms with Crippen LogP contribution in [0.3, 0.4) is 0 Å². The van der Waals surface area contributed by atoms with E-state index in [0.29, 0.717) is 0 Å². The van der Waals surface area contributed by atoms with Gasteiger partial charge in [-0.1, -0.05) is 6.92 Å². The van der Waals surface area contributed by atoms with Gasteiger partial charge in [-0.25, -0.2) is 0 Å². The van der Waals surface area contributed by atoms with Crippen molar-refractivity contribution in [3.63, 3.8) is 0 Å². The van der Waals surface area contributed by atoms with Gasteiger partial charge >= 0.3 is 0 Å². The Bertz CT molecular complexity index is 364. The summed E-state index contributed by atoms with van der Waals surface area (Å²) in [6.45, 7) is 13.9. The summed E-state index contributed by atoms with van der Waals surface area (Å²) in [4.78, 5) is 9.68. The summed E-state index contributed by atoms with van der Waals surface area (Å²) < 4.78 is 5.10. The van der Waals surface area contributed by atoms with Gasteiger partial charge in [-0.05, 0) is 65.1 Å². The van der Waals surface area contributed by atoms with Gasteiger partial charge in [-0.15, -0.1) is 0 Å². The molecule has 0 bridgehead atoms. The molecule has 1 saturated heterocycles. The van der Waals surface area contributed by atoms with Gasteiger partial charge in [0.05, 0.1) is 0 Å². The third-order valence-corrected chi connectivity index (χ3v) is 4.91. The third-order valence-electron chi connectivity index (χ3n) is 4.91. The molecule has 0 radical (unpaired) electrons. The number of rotatable bonds is 13. The molecule has 0 spiro atoms. The van der Waals surface area contributed by atoms with E-state index in [1.54, 1.807) is 7.11 Å². The second-order valence-corrected chi connectivity index (χ2v) is 7.59. The molecule has 0 saturated carbocycles. The number of likely N-dealkylation sites (tertiary alicyclic amines) is 1. The highest BCUT2D eigenvalue weighted by atomic mass is 16.5. The molecule has 26 heavy (non-hydrogen) atoms. The Morgan fingerprint density at radius 2 is 2.08 bits per heavy atom. The molecule has 1 heterocycles. The van der Waals surface area contributed by atoms with Crippen LogP contribution in [0.5, 0.6) is 0 Å². The fraction of sp³-hybridized carbons (Fsp3) is 0.950. The van der Waals surface area contributed by atoms with Crippen LogP contribution in [0.2, 0.25) is 0 Å². The van der Waals surface area contributed by atoms with Crippen LogP contribution in [-0.2, 0) is 4.74 Å². The van der Waals surface area contributed by atoms with Crippen molar-refractivity contribution in [3.8, 4) is 0 Å². The monoisotopic (exact) mass is 369 g/mol. The maximum absolute atomic E-state index is 5.10. The number of guanidine groups is 1. The SMILES string of the molecule is CCNC(=NCCCCN1CCCC(C)C1)NCCN(C)CCCOC. The lowest BCUT2D eigenvalue weighted by Crippen LogP contribution is -2.41. The van der Waals surface area contributed by atoms with E-state index in [2.05, 4.69) is 41.3 Å². The average molecular weight is 370 g/mol. The van der Waals surface area contributed by atoms with Crippen LogP contribution < -0.4 is 10.6 Å². The molecule has 0 aromatic rings. The predicted molar refractivity (Wildman–Crippen MR) is 112 cm³/mol. The van der Waals surface area contributed by atoms with E-state index in [1.165, 1.54) is 45.3 Å². The zero-order valence-corrected chi connectivity index (χ0v) is 17.7. The van der Waals surface area contributed by atoms with Crippen LogP contribution in [-0.4, -0.2) is 88.9 Å². The Balaban J connectivity index is 2.13. The molecule has 1 unspecified atom stereocenters. The predicted octanol–water partition coefficient (Wildman–Crippen LogP) is 2.02. The minimum Gasteiger partial charge on any atom is -0.385 e. The van der Waals surface area contributed by atoms with Gasteiger partial charge in [0.15, 0.2) is 5.96 Å². The molecular formula is C20H43N5O. The molecule has 6 heteroatoms. The number of aliphatic imine (C=N–C) groups is 1. The smallest absolute Gasteiger partial charge is 0.191 e. The quantitative estimate of drug-likeness (QED) is 0.296. The Morgan fingerprint density at radius 1 is 1.23 bits per heavy atom. The standard InChI is InChI=1S/C20H43N5O/c1-5-21-20(23-12-16-24(3)13-9-17-26-4)22-11-6-7-14-25-15-8-10-19(2)18-25/h19H,5-18H2,1-4H3,(H2,21,22,23). The first kappa shape index (κ1) is 23.2. The molecule has 154 valence electrons. The summed E-state index contributed by atoms with van der Waals surface area (Å²) in [6.07, 6.45) is 6.26. The van der Waals surface area contributed by atoms with Crippen molar-refractivity contribution in [2.75, 3.05) is 73.1 Å². The number of hydrogen-bond acceptors (Lipinski definition) is 4. The van der Waals surface area contributed by atoms with Crippen molar-refractivity contribution in [1.29, 1.82) is 0 Å². The zero-order valence-electron chi connectivity index (χ0n) is 17.7. The number of methoxy groups -OCH3 is 1. The van der Waals surface area contributed by atoms with E-state index >= 15 is 0 Å². The summed E-state index contributed by atoms with van der Waals surface area (Å²) in [7, 11) is 3.91. The Kier molecular flexibility index (Phi) is 13.6. The number of ether oxygens (including phenoxy) is 1. The Morgan fingerprint density at radius 3 is 2.81 bits per heavy atom. The van der Waals surface area contributed by atoms with Crippen LogP contribution in [0.25, 0.3) is 0 Å².